The van der Waals surface area contributed by atoms with Crippen molar-refractivity contribution in [1.82, 2.24) is 9.80 Å². The first-order chi connectivity index (χ1) is 7.88. The second-order valence-electron chi connectivity index (χ2n) is 7.10. The summed E-state index contributed by atoms with van der Waals surface area (Å²) in [7, 11) is 2.19. The highest BCUT2D eigenvalue weighted by Gasteiger charge is 2.45. The molecule has 0 aromatic carbocycles. The van der Waals surface area contributed by atoms with Crippen LogP contribution in [0.2, 0.25) is 0 Å². The maximum Gasteiger partial charge on any atom is 0.0493 e. The van der Waals surface area contributed by atoms with Gasteiger partial charge in [0.25, 0.3) is 0 Å². The van der Waals surface area contributed by atoms with E-state index in [0.29, 0.717) is 6.61 Å². The molecule has 0 aliphatic carbocycles. The Morgan fingerprint density at radius 1 is 1.18 bits per heavy atom. The molecule has 2 saturated heterocycles. The highest BCUT2D eigenvalue weighted by molar-refractivity contribution is 4.97. The van der Waals surface area contributed by atoms with Crippen molar-refractivity contribution in [2.24, 2.45) is 10.8 Å². The molecule has 0 radical (unpaired) electrons. The summed E-state index contributed by atoms with van der Waals surface area (Å²) in [4.78, 5) is 5.00. The summed E-state index contributed by atoms with van der Waals surface area (Å²) >= 11 is 0. The van der Waals surface area contributed by atoms with E-state index in [4.69, 9.17) is 0 Å². The third-order valence-corrected chi connectivity index (χ3v) is 5.21. The minimum Gasteiger partial charge on any atom is -0.396 e. The third-order valence-electron chi connectivity index (χ3n) is 5.21. The van der Waals surface area contributed by atoms with E-state index in [0.717, 1.165) is 32.0 Å². The molecule has 17 heavy (non-hydrogen) atoms. The zero-order chi connectivity index (χ0) is 12.7. The molecule has 1 N–H and O–H groups in total. The fourth-order valence-corrected chi connectivity index (χ4v) is 3.36. The number of aliphatic hydroxyl groups is 1. The van der Waals surface area contributed by atoms with Gasteiger partial charge in [0.15, 0.2) is 0 Å². The summed E-state index contributed by atoms with van der Waals surface area (Å²) in [5, 5.41) is 9.79. The average molecular weight is 240 g/mol. The lowest BCUT2D eigenvalue weighted by atomic mass is 9.62. The molecule has 0 saturated carbocycles. The van der Waals surface area contributed by atoms with Crippen molar-refractivity contribution >= 4 is 0 Å². The van der Waals surface area contributed by atoms with Crippen LogP contribution in [-0.4, -0.2) is 60.8 Å². The normalized spacial score (nSPS) is 28.1. The highest BCUT2D eigenvalue weighted by atomic mass is 16.3. The van der Waals surface area contributed by atoms with E-state index in [1.165, 1.54) is 13.1 Å². The Hall–Kier alpha value is -0.120. The Labute approximate surface area is 106 Å². The SMILES string of the molecule is CN1CC(N2CCC(CO)(C(C)(C)C)CC2)C1. The molecule has 3 nitrogen and oxygen atoms in total. The Kier molecular flexibility index (Phi) is 3.54. The molecule has 0 atom stereocenters. The van der Waals surface area contributed by atoms with E-state index >= 15 is 0 Å². The Balaban J connectivity index is 1.92. The van der Waals surface area contributed by atoms with Gasteiger partial charge in [0.1, 0.15) is 0 Å². The van der Waals surface area contributed by atoms with Gasteiger partial charge >= 0.3 is 0 Å². The molecule has 2 heterocycles. The molecule has 3 heteroatoms. The third kappa shape index (κ3) is 2.38. The molecular formula is C14H28N2O. The largest absolute Gasteiger partial charge is 0.396 e. The zero-order valence-electron chi connectivity index (χ0n) is 11.9. The summed E-state index contributed by atoms with van der Waals surface area (Å²) in [5.41, 5.74) is 0.351. The number of hydrogen-bond acceptors (Lipinski definition) is 3. The van der Waals surface area contributed by atoms with Gasteiger partial charge in [-0.2, -0.15) is 0 Å². The molecule has 2 fully saturated rings. The first kappa shape index (κ1) is 13.3. The second kappa shape index (κ2) is 4.52. The summed E-state index contributed by atoms with van der Waals surface area (Å²) in [6.07, 6.45) is 2.29. The fraction of sp³-hybridized carbons (Fsp3) is 1.00. The van der Waals surface area contributed by atoms with Crippen LogP contribution in [0.3, 0.4) is 0 Å². The van der Waals surface area contributed by atoms with Crippen LogP contribution >= 0.6 is 0 Å². The monoisotopic (exact) mass is 240 g/mol. The molecular weight excluding hydrogens is 212 g/mol. The lowest BCUT2D eigenvalue weighted by molar-refractivity contribution is -0.0638. The predicted molar refractivity (Wildman–Crippen MR) is 71.1 cm³/mol. The fourth-order valence-electron chi connectivity index (χ4n) is 3.36. The number of nitrogens with zero attached hydrogens (tertiary/aromatic N) is 2. The van der Waals surface area contributed by atoms with Crippen molar-refractivity contribution in [3.8, 4) is 0 Å². The minimum atomic E-state index is 0.138. The maximum absolute atomic E-state index is 9.79. The van der Waals surface area contributed by atoms with Gasteiger partial charge in [0, 0.05) is 31.2 Å². The van der Waals surface area contributed by atoms with E-state index in [1.54, 1.807) is 0 Å². The molecule has 100 valence electrons. The Bertz CT molecular complexity index is 258. The van der Waals surface area contributed by atoms with Gasteiger partial charge in [-0.1, -0.05) is 20.8 Å². The van der Waals surface area contributed by atoms with E-state index in [-0.39, 0.29) is 10.8 Å². The van der Waals surface area contributed by atoms with Gasteiger partial charge in [0.05, 0.1) is 0 Å². The Morgan fingerprint density at radius 3 is 2.06 bits per heavy atom. The highest BCUT2D eigenvalue weighted by Crippen LogP contribution is 2.46. The second-order valence-corrected chi connectivity index (χ2v) is 7.10. The number of piperidine rings is 1. The van der Waals surface area contributed by atoms with Crippen LogP contribution in [-0.2, 0) is 0 Å². The van der Waals surface area contributed by atoms with Crippen molar-refractivity contribution in [3.63, 3.8) is 0 Å². The molecule has 2 rings (SSSR count). The van der Waals surface area contributed by atoms with Crippen LogP contribution in [0.5, 0.6) is 0 Å². The van der Waals surface area contributed by atoms with E-state index in [1.807, 2.05) is 0 Å². The van der Waals surface area contributed by atoms with E-state index in [2.05, 4.69) is 37.6 Å². The first-order valence-corrected chi connectivity index (χ1v) is 6.91. The van der Waals surface area contributed by atoms with Gasteiger partial charge in [0.2, 0.25) is 0 Å². The van der Waals surface area contributed by atoms with E-state index < -0.39 is 0 Å². The quantitative estimate of drug-likeness (QED) is 0.791. The van der Waals surface area contributed by atoms with Crippen molar-refractivity contribution in [2.75, 3.05) is 39.8 Å². The van der Waals surface area contributed by atoms with Gasteiger partial charge in [-0.3, -0.25) is 4.90 Å². The van der Waals surface area contributed by atoms with Crippen LogP contribution in [0.25, 0.3) is 0 Å². The zero-order valence-corrected chi connectivity index (χ0v) is 11.9. The molecule has 0 aromatic heterocycles. The molecule has 2 aliphatic heterocycles. The van der Waals surface area contributed by atoms with Gasteiger partial charge in [-0.25, -0.2) is 0 Å². The van der Waals surface area contributed by atoms with Gasteiger partial charge in [-0.15, -0.1) is 0 Å². The smallest absolute Gasteiger partial charge is 0.0493 e. The molecule has 0 unspecified atom stereocenters. The summed E-state index contributed by atoms with van der Waals surface area (Å²) in [6.45, 7) is 11.9. The number of hydrogen-bond donors (Lipinski definition) is 1. The van der Waals surface area contributed by atoms with Crippen LogP contribution in [0, 0.1) is 10.8 Å². The number of likely N-dealkylation sites (tertiary alicyclic amines) is 2. The first-order valence-electron chi connectivity index (χ1n) is 6.91. The Morgan fingerprint density at radius 2 is 1.71 bits per heavy atom. The molecule has 0 aromatic rings. The average Bonchev–Trinajstić information content (AvgIpc) is 2.23. The van der Waals surface area contributed by atoms with Gasteiger partial charge < -0.3 is 10.0 Å². The molecule has 2 aliphatic rings. The van der Waals surface area contributed by atoms with Crippen molar-refractivity contribution in [1.29, 1.82) is 0 Å². The van der Waals surface area contributed by atoms with Crippen LogP contribution < -0.4 is 0 Å². The molecule has 0 amide bonds. The number of rotatable bonds is 2. The lowest BCUT2D eigenvalue weighted by Crippen LogP contribution is -2.61. The lowest BCUT2D eigenvalue weighted by Gasteiger charge is -2.53. The minimum absolute atomic E-state index is 0.138. The number of aliphatic hydroxyl groups excluding tert-OH is 1. The molecule has 0 spiro atoms. The number of likely N-dealkylation sites (N-methyl/N-ethyl adjacent to an activating group) is 1. The standard InChI is InChI=1S/C14H28N2O/c1-13(2,3)14(11-17)5-7-16(8-6-14)12-9-15(4)10-12/h12,17H,5-11H2,1-4H3. The predicted octanol–water partition coefficient (Wildman–Crippen LogP) is 1.42. The van der Waals surface area contributed by atoms with E-state index in [9.17, 15) is 5.11 Å². The van der Waals surface area contributed by atoms with Crippen molar-refractivity contribution in [2.45, 2.75) is 39.7 Å². The van der Waals surface area contributed by atoms with Crippen molar-refractivity contribution < 1.29 is 5.11 Å². The van der Waals surface area contributed by atoms with Crippen LogP contribution in [0.15, 0.2) is 0 Å². The van der Waals surface area contributed by atoms with Crippen LogP contribution in [0.1, 0.15) is 33.6 Å². The van der Waals surface area contributed by atoms with Gasteiger partial charge in [-0.05, 0) is 38.4 Å². The maximum atomic E-state index is 9.79. The summed E-state index contributed by atoms with van der Waals surface area (Å²) < 4.78 is 0. The van der Waals surface area contributed by atoms with Crippen LogP contribution in [0.4, 0.5) is 0 Å². The molecule has 0 bridgehead atoms. The topological polar surface area (TPSA) is 26.7 Å². The van der Waals surface area contributed by atoms with Crippen molar-refractivity contribution in [3.05, 3.63) is 0 Å². The summed E-state index contributed by atoms with van der Waals surface area (Å²) in [5.74, 6) is 0. The summed E-state index contributed by atoms with van der Waals surface area (Å²) in [6, 6.07) is 0.775.